The Labute approximate surface area is 238 Å². The van der Waals surface area contributed by atoms with Crippen LogP contribution in [0, 0.1) is 0 Å². The van der Waals surface area contributed by atoms with Crippen LogP contribution in [-0.4, -0.2) is 99.9 Å². The average Bonchev–Trinajstić information content (AvgIpc) is 2.97. The molecule has 0 aliphatic carbocycles. The Bertz CT molecular complexity index is 1210. The fraction of sp³-hybridized carbons (Fsp3) is 0.533. The lowest BCUT2D eigenvalue weighted by Gasteiger charge is -2.38. The normalized spacial score (nSPS) is 17.8. The monoisotopic (exact) mass is 571 g/mol. The SMILES string of the molecule is CCN(C(=O)Cc1ccc(S(C)(=O)=O)cc1)C1CCN(CCC(OC(=O)N2CCOCC2)c2ccccc2)CC1. The fourth-order valence-corrected chi connectivity index (χ4v) is 6.06. The maximum absolute atomic E-state index is 13.1. The predicted molar refractivity (Wildman–Crippen MR) is 153 cm³/mol. The molecule has 2 saturated heterocycles. The number of likely N-dealkylation sites (N-methyl/N-ethyl adjacent to an activating group) is 1. The maximum atomic E-state index is 13.1. The maximum Gasteiger partial charge on any atom is 0.410 e. The minimum Gasteiger partial charge on any atom is -0.441 e. The number of morpholine rings is 1. The van der Waals surface area contributed by atoms with Gasteiger partial charge in [-0.25, -0.2) is 13.2 Å². The summed E-state index contributed by atoms with van der Waals surface area (Å²) in [5, 5.41) is 0. The zero-order chi connectivity index (χ0) is 28.5. The molecule has 2 amide bonds. The summed E-state index contributed by atoms with van der Waals surface area (Å²) in [6.07, 6.45) is 3.29. The van der Waals surface area contributed by atoms with Gasteiger partial charge in [0.15, 0.2) is 9.84 Å². The number of amides is 2. The molecule has 2 fully saturated rings. The Balaban J connectivity index is 1.28. The molecule has 2 aliphatic heterocycles. The first-order valence-electron chi connectivity index (χ1n) is 14.1. The second kappa shape index (κ2) is 14.1. The van der Waals surface area contributed by atoms with Crippen LogP contribution in [-0.2, 0) is 30.5 Å². The number of hydrogen-bond acceptors (Lipinski definition) is 7. The van der Waals surface area contributed by atoms with E-state index in [4.69, 9.17) is 9.47 Å². The number of likely N-dealkylation sites (tertiary alicyclic amines) is 1. The van der Waals surface area contributed by atoms with Crippen molar-refractivity contribution in [3.8, 4) is 0 Å². The van der Waals surface area contributed by atoms with Crippen molar-refractivity contribution in [3.63, 3.8) is 0 Å². The van der Waals surface area contributed by atoms with Crippen LogP contribution in [0.1, 0.15) is 43.4 Å². The molecular formula is C30H41N3O6S. The highest BCUT2D eigenvalue weighted by atomic mass is 32.2. The lowest BCUT2D eigenvalue weighted by atomic mass is 10.0. The van der Waals surface area contributed by atoms with Gasteiger partial charge in [0.2, 0.25) is 5.91 Å². The van der Waals surface area contributed by atoms with Crippen LogP contribution in [0.4, 0.5) is 4.79 Å². The first-order chi connectivity index (χ1) is 19.2. The number of piperidine rings is 1. The number of carbonyl (C=O) groups excluding carboxylic acids is 2. The molecule has 0 N–H and O–H groups in total. The van der Waals surface area contributed by atoms with Crippen molar-refractivity contribution in [1.82, 2.24) is 14.7 Å². The largest absolute Gasteiger partial charge is 0.441 e. The molecule has 1 unspecified atom stereocenters. The average molecular weight is 572 g/mol. The second-order valence-electron chi connectivity index (χ2n) is 10.5. The summed E-state index contributed by atoms with van der Waals surface area (Å²) in [6.45, 7) is 7.35. The molecule has 2 aromatic carbocycles. The van der Waals surface area contributed by atoms with E-state index in [0.717, 1.165) is 43.6 Å². The van der Waals surface area contributed by atoms with Crippen molar-refractivity contribution in [2.24, 2.45) is 0 Å². The second-order valence-corrected chi connectivity index (χ2v) is 12.5. The minimum absolute atomic E-state index is 0.0622. The number of carbonyl (C=O) groups is 2. The van der Waals surface area contributed by atoms with Gasteiger partial charge in [-0.1, -0.05) is 42.5 Å². The molecule has 0 bridgehead atoms. The Hall–Kier alpha value is -2.95. The van der Waals surface area contributed by atoms with Crippen molar-refractivity contribution >= 4 is 21.8 Å². The van der Waals surface area contributed by atoms with Crippen LogP contribution in [0.5, 0.6) is 0 Å². The topological polar surface area (TPSA) is 96.5 Å². The molecule has 10 heteroatoms. The summed E-state index contributed by atoms with van der Waals surface area (Å²) in [7, 11) is -3.26. The fourth-order valence-electron chi connectivity index (χ4n) is 5.43. The van der Waals surface area contributed by atoms with Crippen molar-refractivity contribution in [1.29, 1.82) is 0 Å². The lowest BCUT2D eigenvalue weighted by Crippen LogP contribution is -2.48. The molecule has 0 radical (unpaired) electrons. The van der Waals surface area contributed by atoms with Gasteiger partial charge in [0.1, 0.15) is 6.10 Å². The van der Waals surface area contributed by atoms with E-state index in [1.165, 1.54) is 6.26 Å². The van der Waals surface area contributed by atoms with E-state index in [1.807, 2.05) is 42.2 Å². The number of rotatable bonds is 10. The Kier molecular flexibility index (Phi) is 10.6. The van der Waals surface area contributed by atoms with Crippen LogP contribution in [0.3, 0.4) is 0 Å². The van der Waals surface area contributed by atoms with Gasteiger partial charge in [-0.3, -0.25) is 4.79 Å². The zero-order valence-electron chi connectivity index (χ0n) is 23.5. The molecule has 218 valence electrons. The van der Waals surface area contributed by atoms with Gasteiger partial charge in [-0.2, -0.15) is 0 Å². The molecule has 40 heavy (non-hydrogen) atoms. The van der Waals surface area contributed by atoms with E-state index in [9.17, 15) is 18.0 Å². The van der Waals surface area contributed by atoms with Crippen molar-refractivity contribution < 1.29 is 27.5 Å². The first-order valence-corrected chi connectivity index (χ1v) is 16.0. The van der Waals surface area contributed by atoms with Gasteiger partial charge in [-0.05, 0) is 43.0 Å². The highest BCUT2D eigenvalue weighted by molar-refractivity contribution is 7.90. The third-order valence-electron chi connectivity index (χ3n) is 7.76. The molecule has 0 spiro atoms. The molecule has 0 saturated carbocycles. The third kappa shape index (κ3) is 8.28. The van der Waals surface area contributed by atoms with Gasteiger partial charge in [0.25, 0.3) is 0 Å². The van der Waals surface area contributed by atoms with E-state index in [1.54, 1.807) is 29.2 Å². The highest BCUT2D eigenvalue weighted by Crippen LogP contribution is 2.25. The number of hydrogen-bond donors (Lipinski definition) is 0. The van der Waals surface area contributed by atoms with Gasteiger partial charge >= 0.3 is 6.09 Å². The van der Waals surface area contributed by atoms with Gasteiger partial charge in [-0.15, -0.1) is 0 Å². The molecule has 2 heterocycles. The van der Waals surface area contributed by atoms with E-state index < -0.39 is 9.84 Å². The van der Waals surface area contributed by atoms with E-state index in [-0.39, 0.29) is 35.5 Å². The number of sulfone groups is 1. The van der Waals surface area contributed by atoms with E-state index >= 15 is 0 Å². The van der Waals surface area contributed by atoms with Crippen molar-refractivity contribution in [2.75, 3.05) is 58.7 Å². The molecule has 2 aromatic rings. The van der Waals surface area contributed by atoms with Gasteiger partial charge in [0, 0.05) is 58.0 Å². The first kappa shape index (κ1) is 30.0. The Morgan fingerprint density at radius 2 is 1.65 bits per heavy atom. The van der Waals surface area contributed by atoms with Gasteiger partial charge in [0.05, 0.1) is 24.5 Å². The molecule has 4 rings (SSSR count). The molecule has 9 nitrogen and oxygen atoms in total. The van der Waals surface area contributed by atoms with E-state index in [2.05, 4.69) is 4.90 Å². The van der Waals surface area contributed by atoms with Crippen LogP contribution >= 0.6 is 0 Å². The Morgan fingerprint density at radius 1 is 1.00 bits per heavy atom. The van der Waals surface area contributed by atoms with Crippen LogP contribution in [0.2, 0.25) is 0 Å². The quantitative estimate of drug-likeness (QED) is 0.430. The summed E-state index contributed by atoms with van der Waals surface area (Å²) in [6, 6.07) is 16.6. The summed E-state index contributed by atoms with van der Waals surface area (Å²) >= 11 is 0. The third-order valence-corrected chi connectivity index (χ3v) is 8.89. The molecular weight excluding hydrogens is 530 g/mol. The summed E-state index contributed by atoms with van der Waals surface area (Å²) in [4.78, 5) is 32.3. The van der Waals surface area contributed by atoms with Gasteiger partial charge < -0.3 is 24.2 Å². The van der Waals surface area contributed by atoms with Crippen LogP contribution in [0.15, 0.2) is 59.5 Å². The highest BCUT2D eigenvalue weighted by Gasteiger charge is 2.28. The summed E-state index contributed by atoms with van der Waals surface area (Å²) in [5.74, 6) is 0.0622. The van der Waals surface area contributed by atoms with Crippen LogP contribution < -0.4 is 0 Å². The number of benzene rings is 2. The van der Waals surface area contributed by atoms with Crippen molar-refractivity contribution in [3.05, 3.63) is 65.7 Å². The summed E-state index contributed by atoms with van der Waals surface area (Å²) < 4.78 is 34.8. The standard InChI is InChI=1S/C30H41N3O6S/c1-3-33(29(34)23-24-9-11-27(12-10-24)40(2,36)37)26-13-16-31(17-14-26)18-15-28(25-7-5-4-6-8-25)39-30(35)32-19-21-38-22-20-32/h4-12,26,28H,3,13-23H2,1-2H3. The minimum atomic E-state index is -3.26. The number of ether oxygens (including phenoxy) is 2. The van der Waals surface area contributed by atoms with Crippen molar-refractivity contribution in [2.45, 2.75) is 49.6 Å². The lowest BCUT2D eigenvalue weighted by molar-refractivity contribution is -0.133. The molecule has 2 aliphatic rings. The molecule has 1 atom stereocenters. The number of nitrogens with zero attached hydrogens (tertiary/aromatic N) is 3. The zero-order valence-corrected chi connectivity index (χ0v) is 24.4. The van der Waals surface area contributed by atoms with Crippen LogP contribution in [0.25, 0.3) is 0 Å². The predicted octanol–water partition coefficient (Wildman–Crippen LogP) is 3.55. The van der Waals surface area contributed by atoms with E-state index in [0.29, 0.717) is 39.3 Å². The Morgan fingerprint density at radius 3 is 2.25 bits per heavy atom. The molecule has 0 aromatic heterocycles. The smallest absolute Gasteiger partial charge is 0.410 e. The summed E-state index contributed by atoms with van der Waals surface area (Å²) in [5.41, 5.74) is 1.80.